The van der Waals surface area contributed by atoms with E-state index in [1.165, 1.54) is 16.8 Å². The highest BCUT2D eigenvalue weighted by Gasteiger charge is 2.09. The molecule has 0 saturated carbocycles. The second kappa shape index (κ2) is 5.35. The average molecular weight is 284 g/mol. The summed E-state index contributed by atoms with van der Waals surface area (Å²) < 4.78 is 6.49. The number of thiophene rings is 1. The number of fused-ring (bicyclic) bond motifs is 1. The summed E-state index contributed by atoms with van der Waals surface area (Å²) in [5.41, 5.74) is 1.44. The van der Waals surface area contributed by atoms with Crippen molar-refractivity contribution in [3.8, 4) is 5.75 Å². The first kappa shape index (κ1) is 12.7. The Bertz CT molecular complexity index is 744. The predicted octanol–water partition coefficient (Wildman–Crippen LogP) is 3.96. The van der Waals surface area contributed by atoms with Crippen LogP contribution >= 0.6 is 11.3 Å². The topological polar surface area (TPSA) is 46.5 Å². The number of aromatic hydroxyl groups is 1. The predicted molar refractivity (Wildman–Crippen MR) is 79.1 cm³/mol. The summed E-state index contributed by atoms with van der Waals surface area (Å²) >= 11 is 1.64. The normalized spacial score (nSPS) is 10.6. The molecule has 0 radical (unpaired) electrons. The van der Waals surface area contributed by atoms with Crippen LogP contribution in [0.15, 0.2) is 53.9 Å². The highest BCUT2D eigenvalue weighted by atomic mass is 32.1. The van der Waals surface area contributed by atoms with Crippen molar-refractivity contribution in [2.24, 2.45) is 0 Å². The van der Waals surface area contributed by atoms with Crippen LogP contribution in [0.1, 0.15) is 15.9 Å². The zero-order chi connectivity index (χ0) is 13.9. The zero-order valence-corrected chi connectivity index (χ0v) is 11.4. The number of phenols is 1. The third-order valence-electron chi connectivity index (χ3n) is 3.02. The van der Waals surface area contributed by atoms with Crippen molar-refractivity contribution in [3.05, 3.63) is 65.0 Å². The number of phenolic OH excluding ortho intramolecular Hbond substituents is 1. The molecule has 0 atom stereocenters. The maximum absolute atomic E-state index is 11.9. The van der Waals surface area contributed by atoms with Gasteiger partial charge in [-0.3, -0.25) is 0 Å². The fourth-order valence-electron chi connectivity index (χ4n) is 1.97. The van der Waals surface area contributed by atoms with Crippen LogP contribution in [0.3, 0.4) is 0 Å². The summed E-state index contributed by atoms with van der Waals surface area (Å²) in [6, 6.07) is 14.1. The Morgan fingerprint density at radius 3 is 2.65 bits per heavy atom. The van der Waals surface area contributed by atoms with Crippen molar-refractivity contribution in [1.82, 2.24) is 0 Å². The minimum Gasteiger partial charge on any atom is -0.508 e. The summed E-state index contributed by atoms with van der Waals surface area (Å²) in [6.45, 7) is 0.254. The van der Waals surface area contributed by atoms with E-state index in [0.717, 1.165) is 10.9 Å². The molecule has 0 aliphatic rings. The molecule has 0 saturated heterocycles. The molecule has 0 aliphatic heterocycles. The fourth-order valence-corrected chi connectivity index (χ4v) is 2.92. The Morgan fingerprint density at radius 1 is 1.10 bits per heavy atom. The molecule has 3 aromatic rings. The lowest BCUT2D eigenvalue weighted by Gasteiger charge is -2.04. The summed E-state index contributed by atoms with van der Waals surface area (Å²) in [7, 11) is 0. The van der Waals surface area contributed by atoms with E-state index in [9.17, 15) is 9.90 Å². The van der Waals surface area contributed by atoms with Gasteiger partial charge in [0.15, 0.2) is 0 Å². The quantitative estimate of drug-likeness (QED) is 0.740. The van der Waals surface area contributed by atoms with Gasteiger partial charge < -0.3 is 9.84 Å². The molecule has 4 heteroatoms. The van der Waals surface area contributed by atoms with Gasteiger partial charge in [-0.1, -0.05) is 18.2 Å². The van der Waals surface area contributed by atoms with E-state index in [0.29, 0.717) is 5.56 Å². The van der Waals surface area contributed by atoms with Crippen molar-refractivity contribution in [2.45, 2.75) is 6.61 Å². The maximum Gasteiger partial charge on any atom is 0.338 e. The van der Waals surface area contributed by atoms with Gasteiger partial charge in [0.25, 0.3) is 0 Å². The molecule has 3 nitrogen and oxygen atoms in total. The number of hydrogen-bond donors (Lipinski definition) is 1. The largest absolute Gasteiger partial charge is 0.508 e. The van der Waals surface area contributed by atoms with Crippen LogP contribution in [-0.4, -0.2) is 11.1 Å². The number of benzene rings is 2. The van der Waals surface area contributed by atoms with E-state index >= 15 is 0 Å². The van der Waals surface area contributed by atoms with Crippen LogP contribution in [0, 0.1) is 0 Å². The molecule has 3 rings (SSSR count). The second-order valence-corrected chi connectivity index (χ2v) is 5.29. The van der Waals surface area contributed by atoms with E-state index in [1.54, 1.807) is 23.5 Å². The van der Waals surface area contributed by atoms with Crippen LogP contribution in [-0.2, 0) is 11.3 Å². The summed E-state index contributed by atoms with van der Waals surface area (Å²) in [6.07, 6.45) is 0. The van der Waals surface area contributed by atoms with Gasteiger partial charge in [-0.05, 0) is 41.1 Å². The first-order valence-corrected chi connectivity index (χ1v) is 7.03. The molecule has 100 valence electrons. The molecule has 0 fully saturated rings. The van der Waals surface area contributed by atoms with Crippen LogP contribution in [0.2, 0.25) is 0 Å². The average Bonchev–Trinajstić information content (AvgIpc) is 2.89. The molecule has 20 heavy (non-hydrogen) atoms. The third kappa shape index (κ3) is 2.51. The van der Waals surface area contributed by atoms with Crippen LogP contribution < -0.4 is 0 Å². The molecule has 0 unspecified atom stereocenters. The highest BCUT2D eigenvalue weighted by molar-refractivity contribution is 7.17. The summed E-state index contributed by atoms with van der Waals surface area (Å²) in [5, 5.41) is 12.3. The van der Waals surface area contributed by atoms with E-state index in [1.807, 2.05) is 29.6 Å². The number of hydrogen-bond acceptors (Lipinski definition) is 4. The van der Waals surface area contributed by atoms with Crippen LogP contribution in [0.4, 0.5) is 0 Å². The number of esters is 1. The molecule has 0 aliphatic carbocycles. The lowest BCUT2D eigenvalue weighted by atomic mass is 10.2. The zero-order valence-electron chi connectivity index (χ0n) is 10.6. The van der Waals surface area contributed by atoms with Crippen molar-refractivity contribution in [1.29, 1.82) is 0 Å². The van der Waals surface area contributed by atoms with Gasteiger partial charge in [-0.2, -0.15) is 0 Å². The molecule has 2 aromatic carbocycles. The lowest BCUT2D eigenvalue weighted by Crippen LogP contribution is -2.04. The van der Waals surface area contributed by atoms with Crippen molar-refractivity contribution >= 4 is 27.4 Å². The number of rotatable bonds is 3. The van der Waals surface area contributed by atoms with Gasteiger partial charge in [-0.15, -0.1) is 11.3 Å². The molecular formula is C16H12O3S. The van der Waals surface area contributed by atoms with E-state index in [4.69, 9.17) is 4.74 Å². The molecule has 1 N–H and O–H groups in total. The maximum atomic E-state index is 11.9. The Morgan fingerprint density at radius 2 is 1.85 bits per heavy atom. The van der Waals surface area contributed by atoms with Crippen LogP contribution in [0.5, 0.6) is 5.75 Å². The SMILES string of the molecule is O=C(OCc1csc2ccccc12)c1ccc(O)cc1. The van der Waals surface area contributed by atoms with E-state index in [2.05, 4.69) is 0 Å². The highest BCUT2D eigenvalue weighted by Crippen LogP contribution is 2.26. The van der Waals surface area contributed by atoms with Crippen molar-refractivity contribution < 1.29 is 14.6 Å². The van der Waals surface area contributed by atoms with Gasteiger partial charge in [-0.25, -0.2) is 4.79 Å². The molecule has 0 bridgehead atoms. The molecule has 0 spiro atoms. The van der Waals surface area contributed by atoms with Gasteiger partial charge in [0.05, 0.1) is 5.56 Å². The van der Waals surface area contributed by atoms with Gasteiger partial charge in [0.1, 0.15) is 12.4 Å². The van der Waals surface area contributed by atoms with E-state index in [-0.39, 0.29) is 18.3 Å². The first-order valence-electron chi connectivity index (χ1n) is 6.15. The number of carbonyl (C=O) groups is 1. The smallest absolute Gasteiger partial charge is 0.338 e. The fraction of sp³-hybridized carbons (Fsp3) is 0.0625. The molecular weight excluding hydrogens is 272 g/mol. The van der Waals surface area contributed by atoms with E-state index < -0.39 is 0 Å². The molecule has 1 aromatic heterocycles. The first-order chi connectivity index (χ1) is 9.74. The Kier molecular flexibility index (Phi) is 3.39. The molecule has 0 amide bonds. The van der Waals surface area contributed by atoms with Crippen molar-refractivity contribution in [3.63, 3.8) is 0 Å². The lowest BCUT2D eigenvalue weighted by molar-refractivity contribution is 0.0475. The number of carbonyl (C=O) groups excluding carboxylic acids is 1. The van der Waals surface area contributed by atoms with Gasteiger partial charge >= 0.3 is 5.97 Å². The Balaban J connectivity index is 1.73. The minimum absolute atomic E-state index is 0.130. The second-order valence-electron chi connectivity index (χ2n) is 4.38. The monoisotopic (exact) mass is 284 g/mol. The Labute approximate surface area is 120 Å². The third-order valence-corrected chi connectivity index (χ3v) is 4.04. The molecule has 1 heterocycles. The van der Waals surface area contributed by atoms with Crippen LogP contribution in [0.25, 0.3) is 10.1 Å². The summed E-state index contributed by atoms with van der Waals surface area (Å²) in [5.74, 6) is -0.259. The standard InChI is InChI=1S/C16H12O3S/c17-13-7-5-11(6-8-13)16(18)19-9-12-10-20-15-4-2-1-3-14(12)15/h1-8,10,17H,9H2. The Hall–Kier alpha value is -2.33. The van der Waals surface area contributed by atoms with Gasteiger partial charge in [0, 0.05) is 10.3 Å². The van der Waals surface area contributed by atoms with Crippen molar-refractivity contribution in [2.75, 3.05) is 0 Å². The summed E-state index contributed by atoms with van der Waals surface area (Å²) in [4.78, 5) is 11.9. The minimum atomic E-state index is -0.389. The number of ether oxygens (including phenoxy) is 1. The van der Waals surface area contributed by atoms with Gasteiger partial charge in [0.2, 0.25) is 0 Å².